The molecule has 2 aromatic rings. The van der Waals surface area contributed by atoms with Crippen molar-refractivity contribution < 1.29 is 4.74 Å². The van der Waals surface area contributed by atoms with Gasteiger partial charge < -0.3 is 9.72 Å². The monoisotopic (exact) mass is 276 g/mol. The van der Waals surface area contributed by atoms with Gasteiger partial charge in [0.15, 0.2) is 0 Å². The first-order valence-electron chi connectivity index (χ1n) is 7.07. The Morgan fingerprint density at radius 1 is 1.37 bits per heavy atom. The second kappa shape index (κ2) is 5.97. The number of nitrogens with one attached hydrogen (secondary N) is 1. The molecular weight excluding hydrogens is 256 g/mol. The fourth-order valence-electron chi connectivity index (χ4n) is 2.48. The molecule has 1 N–H and O–H groups in total. The van der Waals surface area contributed by atoms with E-state index in [2.05, 4.69) is 30.1 Å². The van der Waals surface area contributed by atoms with Gasteiger partial charge in [0.1, 0.15) is 5.82 Å². The number of aromatic amines is 1. The highest BCUT2D eigenvalue weighted by Crippen LogP contribution is 2.28. The van der Waals surface area contributed by atoms with E-state index in [1.54, 1.807) is 0 Å². The molecule has 1 aliphatic rings. The number of benzene rings is 1. The Labute approximate surface area is 118 Å². The smallest absolute Gasteiger partial charge is 0.110 e. The van der Waals surface area contributed by atoms with Gasteiger partial charge in [0, 0.05) is 24.0 Å². The van der Waals surface area contributed by atoms with Crippen molar-refractivity contribution in [1.29, 1.82) is 0 Å². The molecule has 19 heavy (non-hydrogen) atoms. The number of nitrogens with zero attached hydrogens (tertiary/aromatic N) is 1. The summed E-state index contributed by atoms with van der Waals surface area (Å²) in [5.41, 5.74) is 2.25. The highest BCUT2D eigenvalue weighted by molar-refractivity contribution is 7.99. The zero-order valence-electron chi connectivity index (χ0n) is 11.3. The van der Waals surface area contributed by atoms with Gasteiger partial charge in [0.25, 0.3) is 0 Å². The molecule has 1 aromatic heterocycles. The first-order chi connectivity index (χ1) is 9.36. The van der Waals surface area contributed by atoms with Crippen molar-refractivity contribution in [1.82, 2.24) is 9.97 Å². The van der Waals surface area contributed by atoms with Gasteiger partial charge in [-0.2, -0.15) is 0 Å². The molecule has 4 heteroatoms. The lowest BCUT2D eigenvalue weighted by Gasteiger charge is -2.19. The maximum Gasteiger partial charge on any atom is 0.110 e. The van der Waals surface area contributed by atoms with E-state index in [-0.39, 0.29) is 0 Å². The topological polar surface area (TPSA) is 37.9 Å². The maximum absolute atomic E-state index is 5.41. The zero-order chi connectivity index (χ0) is 13.1. The fraction of sp³-hybridized carbons (Fsp3) is 0.533. The minimum absolute atomic E-state index is 0.535. The summed E-state index contributed by atoms with van der Waals surface area (Å²) in [5.74, 6) is 2.84. The highest BCUT2D eigenvalue weighted by atomic mass is 32.2. The number of imidazole rings is 1. The molecule has 0 spiro atoms. The molecule has 0 aliphatic carbocycles. The van der Waals surface area contributed by atoms with Crippen molar-refractivity contribution in [3.63, 3.8) is 0 Å². The van der Waals surface area contributed by atoms with Crippen LogP contribution in [0.5, 0.6) is 0 Å². The van der Waals surface area contributed by atoms with Crippen LogP contribution in [0.2, 0.25) is 0 Å². The Morgan fingerprint density at radius 2 is 2.21 bits per heavy atom. The van der Waals surface area contributed by atoms with Crippen LogP contribution in [0.4, 0.5) is 0 Å². The zero-order valence-corrected chi connectivity index (χ0v) is 12.1. The van der Waals surface area contributed by atoms with Crippen LogP contribution in [0.1, 0.15) is 37.9 Å². The molecule has 3 nitrogen and oxygen atoms in total. The predicted molar refractivity (Wildman–Crippen MR) is 79.9 cm³/mol. The number of hydrogen-bond acceptors (Lipinski definition) is 3. The van der Waals surface area contributed by atoms with Gasteiger partial charge in [-0.1, -0.05) is 6.92 Å². The van der Waals surface area contributed by atoms with E-state index in [1.165, 1.54) is 22.6 Å². The summed E-state index contributed by atoms with van der Waals surface area (Å²) < 4.78 is 5.41. The molecule has 0 saturated carbocycles. The normalized spacial score (nSPS) is 17.1. The quantitative estimate of drug-likeness (QED) is 0.859. The van der Waals surface area contributed by atoms with Gasteiger partial charge in [-0.25, -0.2) is 4.98 Å². The van der Waals surface area contributed by atoms with Gasteiger partial charge in [-0.15, -0.1) is 11.8 Å². The van der Waals surface area contributed by atoms with Crippen LogP contribution in [0.15, 0.2) is 23.1 Å². The average Bonchev–Trinajstić information content (AvgIpc) is 2.89. The van der Waals surface area contributed by atoms with Gasteiger partial charge in [-0.05, 0) is 43.2 Å². The lowest BCUT2D eigenvalue weighted by atomic mass is 10.00. The number of thioether (sulfide) groups is 1. The lowest BCUT2D eigenvalue weighted by molar-refractivity contribution is 0.0838. The van der Waals surface area contributed by atoms with E-state index in [1.807, 2.05) is 11.8 Å². The van der Waals surface area contributed by atoms with Crippen LogP contribution >= 0.6 is 11.8 Å². The predicted octanol–water partition coefficient (Wildman–Crippen LogP) is 3.96. The minimum atomic E-state index is 0.535. The minimum Gasteiger partial charge on any atom is -0.381 e. The van der Waals surface area contributed by atoms with Gasteiger partial charge in [0.2, 0.25) is 0 Å². The summed E-state index contributed by atoms with van der Waals surface area (Å²) in [6.07, 6.45) is 3.37. The van der Waals surface area contributed by atoms with Gasteiger partial charge in [-0.3, -0.25) is 0 Å². The third-order valence-corrected chi connectivity index (χ3v) is 4.75. The second-order valence-corrected chi connectivity index (χ2v) is 6.20. The third-order valence-electron chi connectivity index (χ3n) is 3.55. The summed E-state index contributed by atoms with van der Waals surface area (Å²) in [5, 5.41) is 0. The Balaban J connectivity index is 1.83. The lowest BCUT2D eigenvalue weighted by Crippen LogP contribution is -2.15. The van der Waals surface area contributed by atoms with Crippen molar-refractivity contribution in [2.75, 3.05) is 19.0 Å². The van der Waals surface area contributed by atoms with Crippen LogP contribution in [0, 0.1) is 0 Å². The standard InChI is InChI=1S/C15H20N2OS/c1-2-9-19-12-3-4-13-14(10-12)17-15(16-13)11-5-7-18-8-6-11/h3-4,10-11H,2,5-9H2,1H3,(H,16,17). The molecule has 1 aromatic carbocycles. The largest absolute Gasteiger partial charge is 0.381 e. The maximum atomic E-state index is 5.41. The molecule has 1 fully saturated rings. The molecule has 0 atom stereocenters. The SMILES string of the molecule is CCCSc1ccc2nc(C3CCOCC3)[nH]c2c1. The Kier molecular flexibility index (Phi) is 4.09. The average molecular weight is 276 g/mol. The molecule has 1 saturated heterocycles. The summed E-state index contributed by atoms with van der Waals surface area (Å²) in [6.45, 7) is 3.93. The third kappa shape index (κ3) is 2.95. The van der Waals surface area contributed by atoms with E-state index in [4.69, 9.17) is 9.72 Å². The van der Waals surface area contributed by atoms with E-state index in [0.717, 1.165) is 37.4 Å². The van der Waals surface area contributed by atoms with Crippen LogP contribution in [-0.4, -0.2) is 28.9 Å². The first kappa shape index (κ1) is 13.0. The number of H-pyrrole nitrogens is 1. The first-order valence-corrected chi connectivity index (χ1v) is 8.05. The van der Waals surface area contributed by atoms with Crippen LogP contribution < -0.4 is 0 Å². The van der Waals surface area contributed by atoms with Crippen molar-refractivity contribution >= 4 is 22.8 Å². The number of ether oxygens (including phenoxy) is 1. The molecular formula is C15H20N2OS. The summed E-state index contributed by atoms with van der Waals surface area (Å²) >= 11 is 1.91. The second-order valence-electron chi connectivity index (χ2n) is 5.04. The van der Waals surface area contributed by atoms with Gasteiger partial charge in [0.05, 0.1) is 11.0 Å². The van der Waals surface area contributed by atoms with Crippen molar-refractivity contribution in [3.8, 4) is 0 Å². The van der Waals surface area contributed by atoms with E-state index >= 15 is 0 Å². The molecule has 0 radical (unpaired) electrons. The summed E-state index contributed by atoms with van der Waals surface area (Å²) in [6, 6.07) is 6.54. The fourth-order valence-corrected chi connectivity index (χ4v) is 3.29. The summed E-state index contributed by atoms with van der Waals surface area (Å²) in [4.78, 5) is 9.57. The van der Waals surface area contributed by atoms with E-state index < -0.39 is 0 Å². The molecule has 1 aliphatic heterocycles. The molecule has 0 unspecified atom stereocenters. The summed E-state index contributed by atoms with van der Waals surface area (Å²) in [7, 11) is 0. The van der Waals surface area contributed by atoms with Crippen molar-refractivity contribution in [2.24, 2.45) is 0 Å². The Hall–Kier alpha value is -1.00. The highest BCUT2D eigenvalue weighted by Gasteiger charge is 2.19. The molecule has 0 bridgehead atoms. The number of fused-ring (bicyclic) bond motifs is 1. The van der Waals surface area contributed by atoms with Crippen LogP contribution in [-0.2, 0) is 4.74 Å². The number of rotatable bonds is 4. The number of hydrogen-bond donors (Lipinski definition) is 1. The van der Waals surface area contributed by atoms with Crippen LogP contribution in [0.25, 0.3) is 11.0 Å². The van der Waals surface area contributed by atoms with E-state index in [0.29, 0.717) is 5.92 Å². The molecule has 102 valence electrons. The molecule has 3 rings (SSSR count). The van der Waals surface area contributed by atoms with Crippen molar-refractivity contribution in [2.45, 2.75) is 37.0 Å². The van der Waals surface area contributed by atoms with Gasteiger partial charge >= 0.3 is 0 Å². The number of aromatic nitrogens is 2. The van der Waals surface area contributed by atoms with Crippen LogP contribution in [0.3, 0.4) is 0 Å². The molecule has 0 amide bonds. The molecule has 2 heterocycles. The van der Waals surface area contributed by atoms with E-state index in [9.17, 15) is 0 Å². The van der Waals surface area contributed by atoms with Crippen molar-refractivity contribution in [3.05, 3.63) is 24.0 Å². The Bertz CT molecular complexity index is 546. The Morgan fingerprint density at radius 3 is 3.00 bits per heavy atom.